The van der Waals surface area contributed by atoms with Crippen molar-refractivity contribution >= 4 is 0 Å². The zero-order valence-electron chi connectivity index (χ0n) is 7.96. The Morgan fingerprint density at radius 1 is 1.50 bits per heavy atom. The average Bonchev–Trinajstić information content (AvgIpc) is 2.60. The number of fused-ring (bicyclic) bond motifs is 2. The molecule has 12 heavy (non-hydrogen) atoms. The molecule has 1 nitrogen and oxygen atoms in total. The summed E-state index contributed by atoms with van der Waals surface area (Å²) in [5, 5.41) is 9.51. The molecule has 1 N–H and O–H groups in total. The summed E-state index contributed by atoms with van der Waals surface area (Å²) in [4.78, 5) is 0. The summed E-state index contributed by atoms with van der Waals surface area (Å²) in [7, 11) is 0. The third kappa shape index (κ3) is 1.11. The van der Waals surface area contributed by atoms with Crippen molar-refractivity contribution in [3.8, 4) is 0 Å². The number of allylic oxidation sites excluding steroid dienone is 2. The number of rotatable bonds is 1. The van der Waals surface area contributed by atoms with Crippen molar-refractivity contribution in [2.24, 2.45) is 17.8 Å². The quantitative estimate of drug-likeness (QED) is 0.593. The van der Waals surface area contributed by atoms with Gasteiger partial charge in [-0.05, 0) is 50.9 Å². The predicted molar refractivity (Wildman–Crippen MR) is 49.8 cm³/mol. The van der Waals surface area contributed by atoms with Crippen molar-refractivity contribution in [3.05, 3.63) is 11.6 Å². The highest BCUT2D eigenvalue weighted by Gasteiger charge is 2.43. The molecular weight excluding hydrogens is 148 g/mol. The molecule has 0 aromatic heterocycles. The van der Waals surface area contributed by atoms with Crippen molar-refractivity contribution in [3.63, 3.8) is 0 Å². The van der Waals surface area contributed by atoms with Gasteiger partial charge in [-0.15, -0.1) is 0 Å². The van der Waals surface area contributed by atoms with Gasteiger partial charge in [0, 0.05) is 0 Å². The van der Waals surface area contributed by atoms with Crippen molar-refractivity contribution in [2.45, 2.75) is 39.2 Å². The van der Waals surface area contributed by atoms with Gasteiger partial charge in [0.1, 0.15) is 0 Å². The number of aliphatic hydroxyl groups excluding tert-OH is 1. The van der Waals surface area contributed by atoms with Gasteiger partial charge in [0.2, 0.25) is 0 Å². The highest BCUT2D eigenvalue weighted by atomic mass is 16.3. The van der Waals surface area contributed by atoms with Crippen LogP contribution in [0.25, 0.3) is 0 Å². The Hall–Kier alpha value is -0.300. The van der Waals surface area contributed by atoms with E-state index in [1.807, 2.05) is 6.92 Å². The van der Waals surface area contributed by atoms with Crippen LogP contribution in [0.5, 0.6) is 0 Å². The molecule has 0 aromatic carbocycles. The first kappa shape index (κ1) is 8.31. The van der Waals surface area contributed by atoms with Gasteiger partial charge in [-0.3, -0.25) is 0 Å². The normalized spacial score (nSPS) is 45.6. The molecule has 1 heteroatoms. The van der Waals surface area contributed by atoms with Crippen molar-refractivity contribution in [1.82, 2.24) is 0 Å². The van der Waals surface area contributed by atoms with Crippen molar-refractivity contribution < 1.29 is 5.11 Å². The molecule has 2 rings (SSSR count). The maximum atomic E-state index is 9.51. The molecule has 2 unspecified atom stereocenters. The molecule has 0 saturated heterocycles. The fourth-order valence-corrected chi connectivity index (χ4v) is 3.11. The number of hydrogen-bond donors (Lipinski definition) is 1. The molecule has 0 aromatic rings. The van der Waals surface area contributed by atoms with Crippen LogP contribution in [0, 0.1) is 17.8 Å². The second kappa shape index (κ2) is 2.88. The van der Waals surface area contributed by atoms with Crippen LogP contribution in [-0.2, 0) is 0 Å². The van der Waals surface area contributed by atoms with Crippen LogP contribution in [0.15, 0.2) is 11.6 Å². The summed E-state index contributed by atoms with van der Waals surface area (Å²) in [6, 6.07) is 0. The van der Waals surface area contributed by atoms with E-state index < -0.39 is 0 Å². The monoisotopic (exact) mass is 166 g/mol. The summed E-state index contributed by atoms with van der Waals surface area (Å²) in [6.07, 6.45) is 6.04. The van der Waals surface area contributed by atoms with E-state index >= 15 is 0 Å². The Bertz CT molecular complexity index is 205. The standard InChI is InChI=1S/C11H18O/c1-3-8-4-10-5-9(8)6-11(10)7(2)12/h3,7,9-12H,4-6H2,1-2H3/t7?,9-,10+,11?/m0/s1. The smallest absolute Gasteiger partial charge is 0.0543 e. The highest BCUT2D eigenvalue weighted by Crippen LogP contribution is 2.52. The Kier molecular flexibility index (Phi) is 1.99. The minimum atomic E-state index is -0.0848. The third-order valence-corrected chi connectivity index (χ3v) is 3.76. The van der Waals surface area contributed by atoms with Crippen molar-refractivity contribution in [1.29, 1.82) is 0 Å². The summed E-state index contributed by atoms with van der Waals surface area (Å²) in [5.41, 5.74) is 1.65. The van der Waals surface area contributed by atoms with E-state index in [1.54, 1.807) is 5.57 Å². The van der Waals surface area contributed by atoms with Gasteiger partial charge < -0.3 is 5.11 Å². The first-order chi connectivity index (χ1) is 5.72. The van der Waals surface area contributed by atoms with E-state index in [9.17, 15) is 5.11 Å². The first-order valence-corrected chi connectivity index (χ1v) is 5.05. The van der Waals surface area contributed by atoms with Gasteiger partial charge in [0.25, 0.3) is 0 Å². The molecule has 0 aliphatic heterocycles. The molecule has 0 amide bonds. The number of hydrogen-bond acceptors (Lipinski definition) is 1. The second-order valence-corrected chi connectivity index (χ2v) is 4.40. The Balaban J connectivity index is 2.08. The fourth-order valence-electron chi connectivity index (χ4n) is 3.11. The van der Waals surface area contributed by atoms with Crippen LogP contribution >= 0.6 is 0 Å². The highest BCUT2D eigenvalue weighted by molar-refractivity contribution is 5.17. The van der Waals surface area contributed by atoms with Crippen LogP contribution in [-0.4, -0.2) is 11.2 Å². The maximum Gasteiger partial charge on any atom is 0.0543 e. The van der Waals surface area contributed by atoms with Crippen LogP contribution in [0.3, 0.4) is 0 Å². The van der Waals surface area contributed by atoms with Gasteiger partial charge in [0.05, 0.1) is 6.10 Å². The Morgan fingerprint density at radius 3 is 2.67 bits per heavy atom. The lowest BCUT2D eigenvalue weighted by Gasteiger charge is -2.25. The van der Waals surface area contributed by atoms with E-state index in [-0.39, 0.29) is 6.10 Å². The molecule has 4 atom stereocenters. The number of aliphatic hydroxyl groups is 1. The molecule has 2 aliphatic rings. The molecule has 68 valence electrons. The lowest BCUT2D eigenvalue weighted by Crippen LogP contribution is -2.23. The lowest BCUT2D eigenvalue weighted by atomic mass is 9.83. The predicted octanol–water partition coefficient (Wildman–Crippen LogP) is 2.36. The molecule has 2 fully saturated rings. The largest absolute Gasteiger partial charge is 0.393 e. The van der Waals surface area contributed by atoms with Gasteiger partial charge in [-0.2, -0.15) is 0 Å². The fraction of sp³-hybridized carbons (Fsp3) is 0.818. The van der Waals surface area contributed by atoms with Crippen LogP contribution < -0.4 is 0 Å². The van der Waals surface area contributed by atoms with Gasteiger partial charge in [0.15, 0.2) is 0 Å². The van der Waals surface area contributed by atoms with E-state index in [1.165, 1.54) is 19.3 Å². The van der Waals surface area contributed by atoms with E-state index in [0.717, 1.165) is 11.8 Å². The summed E-state index contributed by atoms with van der Waals surface area (Å²) >= 11 is 0. The molecule has 0 spiro atoms. The molecule has 2 saturated carbocycles. The summed E-state index contributed by atoms with van der Waals surface area (Å²) in [5.74, 6) is 2.21. The SMILES string of the molecule is CC=C1C[C@@H]2C[C@H]1CC2C(C)O. The first-order valence-electron chi connectivity index (χ1n) is 5.05. The molecule has 2 bridgehead atoms. The average molecular weight is 166 g/mol. The van der Waals surface area contributed by atoms with Crippen LogP contribution in [0.2, 0.25) is 0 Å². The zero-order chi connectivity index (χ0) is 8.72. The summed E-state index contributed by atoms with van der Waals surface area (Å²) in [6.45, 7) is 4.09. The summed E-state index contributed by atoms with van der Waals surface area (Å²) < 4.78 is 0. The van der Waals surface area contributed by atoms with Gasteiger partial charge in [-0.1, -0.05) is 11.6 Å². The maximum absolute atomic E-state index is 9.51. The lowest BCUT2D eigenvalue weighted by molar-refractivity contribution is 0.0969. The molecule has 2 aliphatic carbocycles. The molecular formula is C11H18O. The zero-order valence-corrected chi connectivity index (χ0v) is 7.96. The molecule has 0 radical (unpaired) electrons. The minimum absolute atomic E-state index is 0.0848. The van der Waals surface area contributed by atoms with Crippen LogP contribution in [0.4, 0.5) is 0 Å². The topological polar surface area (TPSA) is 20.2 Å². The van der Waals surface area contributed by atoms with E-state index in [0.29, 0.717) is 5.92 Å². The van der Waals surface area contributed by atoms with E-state index in [2.05, 4.69) is 13.0 Å². The molecule has 0 heterocycles. The Morgan fingerprint density at radius 2 is 2.25 bits per heavy atom. The second-order valence-electron chi connectivity index (χ2n) is 4.40. The van der Waals surface area contributed by atoms with Crippen LogP contribution in [0.1, 0.15) is 33.1 Å². The van der Waals surface area contributed by atoms with Crippen molar-refractivity contribution in [2.75, 3.05) is 0 Å². The minimum Gasteiger partial charge on any atom is -0.393 e. The third-order valence-electron chi connectivity index (χ3n) is 3.76. The Labute approximate surface area is 74.5 Å². The van der Waals surface area contributed by atoms with Gasteiger partial charge in [-0.25, -0.2) is 0 Å². The van der Waals surface area contributed by atoms with E-state index in [4.69, 9.17) is 0 Å². The van der Waals surface area contributed by atoms with Gasteiger partial charge >= 0.3 is 0 Å².